The molecule has 1 atom stereocenters. The number of amides is 3. The fourth-order valence-corrected chi connectivity index (χ4v) is 2.39. The third-order valence-corrected chi connectivity index (χ3v) is 3.72. The van der Waals surface area contributed by atoms with Gasteiger partial charge in [0.1, 0.15) is 5.75 Å². The number of ether oxygens (including phenoxy) is 1. The molecule has 1 aliphatic rings. The van der Waals surface area contributed by atoms with Gasteiger partial charge in [-0.3, -0.25) is 4.79 Å². The molecule has 1 aromatic rings. The highest BCUT2D eigenvalue weighted by molar-refractivity contribution is 5.80. The van der Waals surface area contributed by atoms with Crippen molar-refractivity contribution in [3.63, 3.8) is 0 Å². The normalized spacial score (nSPS) is 17.3. The van der Waals surface area contributed by atoms with Gasteiger partial charge in [-0.25, -0.2) is 4.79 Å². The lowest BCUT2D eigenvalue weighted by molar-refractivity contribution is -0.121. The summed E-state index contributed by atoms with van der Waals surface area (Å²) in [6.07, 6.45) is 1.62. The van der Waals surface area contributed by atoms with Crippen LogP contribution in [-0.2, 0) is 11.3 Å². The van der Waals surface area contributed by atoms with Crippen LogP contribution in [0.1, 0.15) is 25.3 Å². The van der Waals surface area contributed by atoms with Crippen molar-refractivity contribution in [1.29, 1.82) is 0 Å². The van der Waals surface area contributed by atoms with Crippen molar-refractivity contribution in [1.82, 2.24) is 10.2 Å². The molecule has 0 aliphatic carbocycles. The largest absolute Gasteiger partial charge is 0.494 e. The van der Waals surface area contributed by atoms with Gasteiger partial charge in [0.15, 0.2) is 0 Å². The Morgan fingerprint density at radius 2 is 2.09 bits per heavy atom. The molecule has 0 unspecified atom stereocenters. The van der Waals surface area contributed by atoms with Crippen LogP contribution in [-0.4, -0.2) is 36.5 Å². The van der Waals surface area contributed by atoms with Gasteiger partial charge >= 0.3 is 6.03 Å². The molecule has 6 nitrogen and oxygen atoms in total. The second kappa shape index (κ2) is 7.68. The Morgan fingerprint density at radius 3 is 2.68 bits per heavy atom. The number of nitrogens with one attached hydrogen (secondary N) is 1. The second-order valence-corrected chi connectivity index (χ2v) is 5.49. The number of primary amides is 1. The Bertz CT molecular complexity index is 516. The third-order valence-electron chi connectivity index (χ3n) is 3.72. The van der Waals surface area contributed by atoms with E-state index in [1.54, 1.807) is 4.90 Å². The molecule has 3 amide bonds. The Balaban J connectivity index is 1.78. The van der Waals surface area contributed by atoms with Crippen molar-refractivity contribution in [3.8, 4) is 5.75 Å². The molecule has 0 bridgehead atoms. The van der Waals surface area contributed by atoms with Crippen LogP contribution in [0.5, 0.6) is 5.75 Å². The minimum absolute atomic E-state index is 0.157. The highest BCUT2D eigenvalue weighted by Crippen LogP contribution is 2.16. The molecule has 3 N–H and O–H groups in total. The molecular formula is C16H23N3O3. The van der Waals surface area contributed by atoms with Crippen LogP contribution in [0.3, 0.4) is 0 Å². The van der Waals surface area contributed by atoms with Gasteiger partial charge in [-0.1, -0.05) is 19.1 Å². The molecule has 22 heavy (non-hydrogen) atoms. The van der Waals surface area contributed by atoms with E-state index in [4.69, 9.17) is 10.5 Å². The van der Waals surface area contributed by atoms with Crippen molar-refractivity contribution in [2.75, 3.05) is 19.7 Å². The summed E-state index contributed by atoms with van der Waals surface area (Å²) >= 11 is 0. The lowest BCUT2D eigenvalue weighted by Crippen LogP contribution is -2.39. The first-order chi connectivity index (χ1) is 10.6. The van der Waals surface area contributed by atoms with Gasteiger partial charge in [-0.2, -0.15) is 0 Å². The smallest absolute Gasteiger partial charge is 0.317 e. The Kier molecular flexibility index (Phi) is 5.63. The van der Waals surface area contributed by atoms with Crippen LogP contribution in [0.4, 0.5) is 4.79 Å². The summed E-state index contributed by atoms with van der Waals surface area (Å²) in [6.45, 7) is 4.19. The number of hydrogen-bond acceptors (Lipinski definition) is 3. The number of hydrogen-bond donors (Lipinski definition) is 2. The maximum Gasteiger partial charge on any atom is 0.317 e. The Hall–Kier alpha value is -2.24. The molecular weight excluding hydrogens is 282 g/mol. The highest BCUT2D eigenvalue weighted by atomic mass is 16.5. The molecule has 2 rings (SSSR count). The number of nitrogens with zero attached hydrogens (tertiary/aromatic N) is 1. The van der Waals surface area contributed by atoms with Crippen molar-refractivity contribution >= 4 is 11.9 Å². The average Bonchev–Trinajstić information content (AvgIpc) is 3.02. The SMILES string of the molecule is CCCOc1ccc(CNC(=O)N2CC[C@H](C(N)=O)C2)cc1. The zero-order chi connectivity index (χ0) is 15.9. The lowest BCUT2D eigenvalue weighted by atomic mass is 10.1. The molecule has 1 fully saturated rings. The van der Waals surface area contributed by atoms with E-state index in [0.29, 0.717) is 32.7 Å². The Morgan fingerprint density at radius 1 is 1.36 bits per heavy atom. The molecule has 0 saturated carbocycles. The quantitative estimate of drug-likeness (QED) is 0.835. The Labute approximate surface area is 130 Å². The number of benzene rings is 1. The van der Waals surface area contributed by atoms with Crippen LogP contribution in [0.2, 0.25) is 0 Å². The summed E-state index contributed by atoms with van der Waals surface area (Å²) in [5.74, 6) is 0.277. The van der Waals surface area contributed by atoms with Crippen LogP contribution >= 0.6 is 0 Å². The number of carbonyl (C=O) groups excluding carboxylic acids is 2. The first kappa shape index (κ1) is 16.1. The summed E-state index contributed by atoms with van der Waals surface area (Å²) in [4.78, 5) is 24.8. The lowest BCUT2D eigenvalue weighted by Gasteiger charge is -2.17. The molecule has 1 aliphatic heterocycles. The van der Waals surface area contributed by atoms with Crippen molar-refractivity contribution in [2.45, 2.75) is 26.3 Å². The van der Waals surface area contributed by atoms with Gasteiger partial charge in [0.05, 0.1) is 12.5 Å². The maximum absolute atomic E-state index is 12.0. The van der Waals surface area contributed by atoms with Gasteiger partial charge in [-0.15, -0.1) is 0 Å². The first-order valence-corrected chi connectivity index (χ1v) is 7.64. The zero-order valence-corrected chi connectivity index (χ0v) is 12.9. The fourth-order valence-electron chi connectivity index (χ4n) is 2.39. The van der Waals surface area contributed by atoms with Crippen molar-refractivity contribution in [3.05, 3.63) is 29.8 Å². The summed E-state index contributed by atoms with van der Waals surface area (Å²) in [7, 11) is 0. The molecule has 0 aromatic heterocycles. The molecule has 1 saturated heterocycles. The monoisotopic (exact) mass is 305 g/mol. The van der Waals surface area contributed by atoms with E-state index in [0.717, 1.165) is 17.7 Å². The first-order valence-electron chi connectivity index (χ1n) is 7.64. The molecule has 1 aromatic carbocycles. The van der Waals surface area contributed by atoms with Crippen LogP contribution < -0.4 is 15.8 Å². The molecule has 0 radical (unpaired) electrons. The van der Waals surface area contributed by atoms with Crippen LogP contribution in [0, 0.1) is 5.92 Å². The predicted octanol–water partition coefficient (Wildman–Crippen LogP) is 1.49. The average molecular weight is 305 g/mol. The maximum atomic E-state index is 12.0. The predicted molar refractivity (Wildman–Crippen MR) is 83.3 cm³/mol. The van der Waals surface area contributed by atoms with Gasteiger partial charge in [0.2, 0.25) is 5.91 Å². The van der Waals surface area contributed by atoms with Crippen molar-refractivity contribution in [2.24, 2.45) is 11.7 Å². The van der Waals surface area contributed by atoms with E-state index in [2.05, 4.69) is 12.2 Å². The number of carbonyl (C=O) groups is 2. The summed E-state index contributed by atoms with van der Waals surface area (Å²) in [5, 5.41) is 2.86. The number of likely N-dealkylation sites (tertiary alicyclic amines) is 1. The minimum atomic E-state index is -0.335. The van der Waals surface area contributed by atoms with Gasteiger partial charge in [-0.05, 0) is 30.5 Å². The molecule has 1 heterocycles. The summed E-state index contributed by atoms with van der Waals surface area (Å²) < 4.78 is 5.51. The number of rotatable bonds is 6. The molecule has 6 heteroatoms. The standard InChI is InChI=1S/C16H23N3O3/c1-2-9-22-14-5-3-12(4-6-14)10-18-16(21)19-8-7-13(11-19)15(17)20/h3-6,13H,2,7-11H2,1H3,(H2,17,20)(H,18,21)/t13-/m0/s1. The van der Waals surface area contributed by atoms with E-state index in [1.807, 2.05) is 24.3 Å². The summed E-state index contributed by atoms with van der Waals surface area (Å²) in [6, 6.07) is 7.50. The number of urea groups is 1. The van der Waals surface area contributed by atoms with E-state index in [1.165, 1.54) is 0 Å². The molecule has 0 spiro atoms. The highest BCUT2D eigenvalue weighted by Gasteiger charge is 2.29. The minimum Gasteiger partial charge on any atom is -0.494 e. The van der Waals surface area contributed by atoms with Gasteiger partial charge in [0.25, 0.3) is 0 Å². The molecule has 120 valence electrons. The van der Waals surface area contributed by atoms with Crippen LogP contribution in [0.15, 0.2) is 24.3 Å². The van der Waals surface area contributed by atoms with Gasteiger partial charge < -0.3 is 20.7 Å². The van der Waals surface area contributed by atoms with E-state index in [9.17, 15) is 9.59 Å². The topological polar surface area (TPSA) is 84.7 Å². The summed E-state index contributed by atoms with van der Waals surface area (Å²) in [5.41, 5.74) is 6.27. The number of nitrogens with two attached hydrogens (primary N) is 1. The van der Waals surface area contributed by atoms with E-state index >= 15 is 0 Å². The second-order valence-electron chi connectivity index (χ2n) is 5.49. The zero-order valence-electron chi connectivity index (χ0n) is 12.9. The van der Waals surface area contributed by atoms with Crippen LogP contribution in [0.25, 0.3) is 0 Å². The van der Waals surface area contributed by atoms with E-state index < -0.39 is 0 Å². The fraction of sp³-hybridized carbons (Fsp3) is 0.500. The van der Waals surface area contributed by atoms with Crippen molar-refractivity contribution < 1.29 is 14.3 Å². The van der Waals surface area contributed by atoms with E-state index in [-0.39, 0.29) is 17.9 Å². The van der Waals surface area contributed by atoms with Gasteiger partial charge in [0, 0.05) is 19.6 Å². The third kappa shape index (κ3) is 4.38.